The molecule has 1 aliphatic rings. The molecule has 0 saturated carbocycles. The highest BCUT2D eigenvalue weighted by atomic mass is 16.5. The zero-order chi connectivity index (χ0) is 15.3. The summed E-state index contributed by atoms with van der Waals surface area (Å²) in [6, 6.07) is 9.43. The van der Waals surface area contributed by atoms with Gasteiger partial charge in [-0.2, -0.15) is 0 Å². The number of likely N-dealkylation sites (tertiary alicyclic amines) is 1. The standard InChI is InChI=1S/C16H24N2O3/c1-20-11-13-8-9-18(10-13)12-16(17,15(19)21-2)14-6-4-3-5-7-14/h3-7,13H,8-12,17H2,1-2H3. The SMILES string of the molecule is COCC1CCN(CC(N)(C(=O)OC)c2ccccc2)C1. The van der Waals surface area contributed by atoms with Crippen molar-refractivity contribution >= 4 is 5.97 Å². The Kier molecular flexibility index (Phi) is 5.33. The molecule has 21 heavy (non-hydrogen) atoms. The highest BCUT2D eigenvalue weighted by Crippen LogP contribution is 2.25. The molecule has 1 saturated heterocycles. The number of nitrogens with zero attached hydrogens (tertiary/aromatic N) is 1. The Hall–Kier alpha value is -1.43. The number of methoxy groups -OCH3 is 2. The molecule has 2 N–H and O–H groups in total. The minimum Gasteiger partial charge on any atom is -0.467 e. The summed E-state index contributed by atoms with van der Waals surface area (Å²) in [6.07, 6.45) is 1.07. The number of rotatable bonds is 6. The minimum atomic E-state index is -1.13. The van der Waals surface area contributed by atoms with E-state index in [2.05, 4.69) is 4.90 Å². The molecule has 1 heterocycles. The zero-order valence-corrected chi connectivity index (χ0v) is 12.7. The van der Waals surface area contributed by atoms with E-state index >= 15 is 0 Å². The Balaban J connectivity index is 2.13. The predicted octanol–water partition coefficient (Wildman–Crippen LogP) is 0.982. The van der Waals surface area contributed by atoms with E-state index in [0.717, 1.165) is 31.7 Å². The van der Waals surface area contributed by atoms with Gasteiger partial charge in [-0.15, -0.1) is 0 Å². The van der Waals surface area contributed by atoms with Crippen LogP contribution in [0, 0.1) is 5.92 Å². The van der Waals surface area contributed by atoms with Crippen molar-refractivity contribution in [1.82, 2.24) is 4.90 Å². The molecular weight excluding hydrogens is 268 g/mol. The number of esters is 1. The van der Waals surface area contributed by atoms with Crippen molar-refractivity contribution in [2.75, 3.05) is 40.5 Å². The molecule has 1 aliphatic heterocycles. The van der Waals surface area contributed by atoms with Crippen LogP contribution in [0.25, 0.3) is 0 Å². The van der Waals surface area contributed by atoms with E-state index in [4.69, 9.17) is 15.2 Å². The van der Waals surface area contributed by atoms with Gasteiger partial charge in [-0.1, -0.05) is 30.3 Å². The molecule has 0 bridgehead atoms. The molecule has 0 aliphatic carbocycles. The number of ether oxygens (including phenoxy) is 2. The summed E-state index contributed by atoms with van der Waals surface area (Å²) in [4.78, 5) is 14.4. The van der Waals surface area contributed by atoms with Crippen molar-refractivity contribution in [3.05, 3.63) is 35.9 Å². The molecule has 5 nitrogen and oxygen atoms in total. The Morgan fingerprint density at radius 3 is 2.71 bits per heavy atom. The Labute approximate surface area is 126 Å². The van der Waals surface area contributed by atoms with Gasteiger partial charge in [-0.3, -0.25) is 0 Å². The van der Waals surface area contributed by atoms with Gasteiger partial charge in [0, 0.05) is 20.2 Å². The average molecular weight is 292 g/mol. The summed E-state index contributed by atoms with van der Waals surface area (Å²) in [5.74, 6) is 0.108. The second-order valence-corrected chi connectivity index (χ2v) is 5.67. The Bertz CT molecular complexity index is 466. The van der Waals surface area contributed by atoms with Gasteiger partial charge in [0.15, 0.2) is 5.54 Å². The van der Waals surface area contributed by atoms with E-state index in [9.17, 15) is 4.79 Å². The Morgan fingerprint density at radius 1 is 1.38 bits per heavy atom. The Morgan fingerprint density at radius 2 is 2.10 bits per heavy atom. The number of carbonyl (C=O) groups is 1. The summed E-state index contributed by atoms with van der Waals surface area (Å²) in [5, 5.41) is 0. The molecule has 116 valence electrons. The largest absolute Gasteiger partial charge is 0.467 e. The first kappa shape index (κ1) is 15.9. The first-order chi connectivity index (χ1) is 10.1. The lowest BCUT2D eigenvalue weighted by Gasteiger charge is -2.31. The maximum Gasteiger partial charge on any atom is 0.331 e. The van der Waals surface area contributed by atoms with Crippen LogP contribution in [0.1, 0.15) is 12.0 Å². The van der Waals surface area contributed by atoms with E-state index in [-0.39, 0.29) is 0 Å². The number of nitrogens with two attached hydrogens (primary N) is 1. The number of hydrogen-bond donors (Lipinski definition) is 1. The number of benzene rings is 1. The van der Waals surface area contributed by atoms with Crippen LogP contribution in [0.4, 0.5) is 0 Å². The molecule has 0 aromatic heterocycles. The van der Waals surface area contributed by atoms with Crippen molar-refractivity contribution in [2.24, 2.45) is 11.7 Å². The van der Waals surface area contributed by atoms with Crippen LogP contribution in [0.3, 0.4) is 0 Å². The van der Waals surface area contributed by atoms with Gasteiger partial charge in [0.25, 0.3) is 0 Å². The van der Waals surface area contributed by atoms with Crippen LogP contribution < -0.4 is 5.73 Å². The summed E-state index contributed by atoms with van der Waals surface area (Å²) >= 11 is 0. The van der Waals surface area contributed by atoms with Crippen LogP contribution in [0.5, 0.6) is 0 Å². The summed E-state index contributed by atoms with van der Waals surface area (Å²) in [6.45, 7) is 3.04. The van der Waals surface area contributed by atoms with Gasteiger partial charge in [-0.25, -0.2) is 4.79 Å². The van der Waals surface area contributed by atoms with E-state index < -0.39 is 11.5 Å². The molecular formula is C16H24N2O3. The normalized spacial score (nSPS) is 22.0. The van der Waals surface area contributed by atoms with Gasteiger partial charge < -0.3 is 20.1 Å². The molecule has 2 rings (SSSR count). The van der Waals surface area contributed by atoms with Gasteiger partial charge in [0.05, 0.1) is 13.7 Å². The fourth-order valence-corrected chi connectivity index (χ4v) is 2.97. The predicted molar refractivity (Wildman–Crippen MR) is 80.7 cm³/mol. The first-order valence-electron chi connectivity index (χ1n) is 7.24. The quantitative estimate of drug-likeness (QED) is 0.792. The van der Waals surface area contributed by atoms with Crippen molar-refractivity contribution < 1.29 is 14.3 Å². The third kappa shape index (κ3) is 3.61. The molecule has 2 atom stereocenters. The maximum atomic E-state index is 12.2. The highest BCUT2D eigenvalue weighted by Gasteiger charge is 2.40. The molecule has 0 spiro atoms. The molecule has 0 amide bonds. The number of hydrogen-bond acceptors (Lipinski definition) is 5. The van der Waals surface area contributed by atoms with Gasteiger partial charge >= 0.3 is 5.97 Å². The molecule has 5 heteroatoms. The summed E-state index contributed by atoms with van der Waals surface area (Å²) in [5.41, 5.74) is 6.08. The summed E-state index contributed by atoms with van der Waals surface area (Å²) in [7, 11) is 3.10. The van der Waals surface area contributed by atoms with Crippen molar-refractivity contribution in [3.8, 4) is 0 Å². The molecule has 1 aromatic carbocycles. The fourth-order valence-electron chi connectivity index (χ4n) is 2.97. The third-order valence-electron chi connectivity index (χ3n) is 4.08. The fraction of sp³-hybridized carbons (Fsp3) is 0.562. The lowest BCUT2D eigenvalue weighted by Crippen LogP contribution is -2.53. The zero-order valence-electron chi connectivity index (χ0n) is 12.7. The van der Waals surface area contributed by atoms with Gasteiger partial charge in [0.1, 0.15) is 0 Å². The topological polar surface area (TPSA) is 64.8 Å². The molecule has 1 aromatic rings. The minimum absolute atomic E-state index is 0.399. The van der Waals surface area contributed by atoms with Crippen molar-refractivity contribution in [3.63, 3.8) is 0 Å². The van der Waals surface area contributed by atoms with E-state index in [1.54, 1.807) is 7.11 Å². The average Bonchev–Trinajstić information content (AvgIpc) is 2.94. The van der Waals surface area contributed by atoms with E-state index in [1.165, 1.54) is 7.11 Å². The van der Waals surface area contributed by atoms with Crippen LogP contribution >= 0.6 is 0 Å². The molecule has 2 unspecified atom stereocenters. The lowest BCUT2D eigenvalue weighted by molar-refractivity contribution is -0.148. The van der Waals surface area contributed by atoms with Crippen LogP contribution in [0.15, 0.2) is 30.3 Å². The maximum absolute atomic E-state index is 12.2. The van der Waals surface area contributed by atoms with Crippen molar-refractivity contribution in [2.45, 2.75) is 12.0 Å². The van der Waals surface area contributed by atoms with Crippen molar-refractivity contribution in [1.29, 1.82) is 0 Å². The second-order valence-electron chi connectivity index (χ2n) is 5.67. The van der Waals surface area contributed by atoms with E-state index in [1.807, 2.05) is 30.3 Å². The highest BCUT2D eigenvalue weighted by molar-refractivity contribution is 5.82. The molecule has 1 fully saturated rings. The summed E-state index contributed by atoms with van der Waals surface area (Å²) < 4.78 is 10.1. The first-order valence-corrected chi connectivity index (χ1v) is 7.24. The smallest absolute Gasteiger partial charge is 0.331 e. The van der Waals surface area contributed by atoms with Gasteiger partial charge in [-0.05, 0) is 24.4 Å². The van der Waals surface area contributed by atoms with Gasteiger partial charge in [0.2, 0.25) is 0 Å². The lowest BCUT2D eigenvalue weighted by atomic mass is 9.90. The van der Waals surface area contributed by atoms with E-state index in [0.29, 0.717) is 12.5 Å². The number of carbonyl (C=O) groups excluding carboxylic acids is 1. The molecule has 0 radical (unpaired) electrons. The third-order valence-corrected chi connectivity index (χ3v) is 4.08. The van der Waals surface area contributed by atoms with Crippen LogP contribution in [0.2, 0.25) is 0 Å². The monoisotopic (exact) mass is 292 g/mol. The second kappa shape index (κ2) is 7.02. The van der Waals surface area contributed by atoms with Crippen LogP contribution in [-0.4, -0.2) is 51.3 Å². The van der Waals surface area contributed by atoms with Crippen LogP contribution in [-0.2, 0) is 19.8 Å².